The van der Waals surface area contributed by atoms with E-state index in [0.29, 0.717) is 13.0 Å². The Bertz CT molecular complexity index is 407. The summed E-state index contributed by atoms with van der Waals surface area (Å²) in [6.45, 7) is 10.9. The van der Waals surface area contributed by atoms with Gasteiger partial charge >= 0.3 is 0 Å². The van der Waals surface area contributed by atoms with E-state index in [1.54, 1.807) is 0 Å². The molecule has 0 heterocycles. The normalized spacial score (nSPS) is 11.2. The Morgan fingerprint density at radius 1 is 1.10 bits per heavy atom. The molecular formula is C16H27N3O. The van der Waals surface area contributed by atoms with Gasteiger partial charge < -0.3 is 16.0 Å². The van der Waals surface area contributed by atoms with Gasteiger partial charge in [0.05, 0.1) is 6.42 Å². The van der Waals surface area contributed by atoms with Gasteiger partial charge in [-0.25, -0.2) is 0 Å². The minimum Gasteiger partial charge on any atom is -0.384 e. The fraction of sp³-hybridized carbons (Fsp3) is 0.562. The summed E-state index contributed by atoms with van der Waals surface area (Å²) in [6, 6.07) is 8.03. The van der Waals surface area contributed by atoms with E-state index in [1.807, 2.05) is 31.2 Å². The maximum atomic E-state index is 11.5. The average molecular weight is 277 g/mol. The largest absolute Gasteiger partial charge is 0.384 e. The van der Waals surface area contributed by atoms with Crippen molar-refractivity contribution in [3.05, 3.63) is 29.8 Å². The lowest BCUT2D eigenvalue weighted by atomic mass is 10.1. The van der Waals surface area contributed by atoms with Gasteiger partial charge in [-0.15, -0.1) is 0 Å². The Balaban J connectivity index is 2.33. The molecule has 0 unspecified atom stereocenters. The lowest BCUT2D eigenvalue weighted by Gasteiger charge is -2.20. The summed E-state index contributed by atoms with van der Waals surface area (Å²) in [5.74, 6) is 0.0718. The van der Waals surface area contributed by atoms with Crippen molar-refractivity contribution >= 4 is 11.6 Å². The zero-order chi connectivity index (χ0) is 15.0. The predicted molar refractivity (Wildman–Crippen MR) is 85.1 cm³/mol. The highest BCUT2D eigenvalue weighted by molar-refractivity contribution is 5.78. The molecule has 4 heteroatoms. The molecule has 0 aromatic heterocycles. The van der Waals surface area contributed by atoms with E-state index in [-0.39, 0.29) is 11.4 Å². The summed E-state index contributed by atoms with van der Waals surface area (Å²) in [7, 11) is 0. The number of hydrogen-bond acceptors (Lipinski definition) is 3. The SMILES string of the molecule is CCNC(=O)Cc1ccc(NCCNC(C)(C)C)cc1. The van der Waals surface area contributed by atoms with Crippen molar-refractivity contribution in [1.82, 2.24) is 10.6 Å². The number of benzene rings is 1. The molecule has 3 N–H and O–H groups in total. The second-order valence-electron chi connectivity index (χ2n) is 5.93. The van der Waals surface area contributed by atoms with Crippen LogP contribution in [0.25, 0.3) is 0 Å². The first-order valence-corrected chi connectivity index (χ1v) is 7.25. The van der Waals surface area contributed by atoms with E-state index in [4.69, 9.17) is 0 Å². The van der Waals surface area contributed by atoms with Gasteiger partial charge in [0.1, 0.15) is 0 Å². The van der Waals surface area contributed by atoms with Crippen LogP contribution in [0.3, 0.4) is 0 Å². The van der Waals surface area contributed by atoms with E-state index in [2.05, 4.69) is 36.7 Å². The molecule has 0 saturated carbocycles. The maximum Gasteiger partial charge on any atom is 0.224 e. The third-order valence-corrected chi connectivity index (χ3v) is 2.80. The monoisotopic (exact) mass is 277 g/mol. The van der Waals surface area contributed by atoms with Crippen molar-refractivity contribution in [3.8, 4) is 0 Å². The molecule has 0 atom stereocenters. The molecule has 0 fully saturated rings. The number of anilines is 1. The molecule has 20 heavy (non-hydrogen) atoms. The summed E-state index contributed by atoms with van der Waals surface area (Å²) in [5, 5.41) is 9.59. The lowest BCUT2D eigenvalue weighted by Crippen LogP contribution is -2.38. The molecule has 4 nitrogen and oxygen atoms in total. The number of rotatable bonds is 7. The van der Waals surface area contributed by atoms with E-state index in [1.165, 1.54) is 0 Å². The minimum absolute atomic E-state index is 0.0718. The number of likely N-dealkylation sites (N-methyl/N-ethyl adjacent to an activating group) is 1. The highest BCUT2D eigenvalue weighted by Crippen LogP contribution is 2.09. The van der Waals surface area contributed by atoms with Crippen LogP contribution in [0, 0.1) is 0 Å². The van der Waals surface area contributed by atoms with Crippen molar-refractivity contribution in [2.24, 2.45) is 0 Å². The average Bonchev–Trinajstić information content (AvgIpc) is 2.36. The van der Waals surface area contributed by atoms with Crippen LogP contribution in [0.1, 0.15) is 33.3 Å². The van der Waals surface area contributed by atoms with Crippen LogP contribution in [0.5, 0.6) is 0 Å². The second-order valence-corrected chi connectivity index (χ2v) is 5.93. The van der Waals surface area contributed by atoms with Crippen LogP contribution in [-0.4, -0.2) is 31.1 Å². The van der Waals surface area contributed by atoms with Crippen LogP contribution >= 0.6 is 0 Å². The fourth-order valence-electron chi connectivity index (χ4n) is 1.83. The molecule has 0 bridgehead atoms. The topological polar surface area (TPSA) is 53.2 Å². The third-order valence-electron chi connectivity index (χ3n) is 2.80. The highest BCUT2D eigenvalue weighted by Gasteiger charge is 2.07. The molecule has 112 valence electrons. The Kier molecular flexibility index (Phi) is 6.52. The minimum atomic E-state index is 0.0718. The highest BCUT2D eigenvalue weighted by atomic mass is 16.1. The van der Waals surface area contributed by atoms with Gasteiger partial charge in [-0.05, 0) is 45.4 Å². The van der Waals surface area contributed by atoms with Gasteiger partial charge in [-0.1, -0.05) is 12.1 Å². The van der Waals surface area contributed by atoms with Gasteiger partial charge in [0.2, 0.25) is 5.91 Å². The predicted octanol–water partition coefficient (Wildman–Crippen LogP) is 2.17. The summed E-state index contributed by atoms with van der Waals surface area (Å²) < 4.78 is 0. The molecule has 0 aliphatic carbocycles. The van der Waals surface area contributed by atoms with Crippen molar-refractivity contribution in [3.63, 3.8) is 0 Å². The molecule has 0 aliphatic rings. The van der Waals surface area contributed by atoms with Crippen molar-refractivity contribution in [1.29, 1.82) is 0 Å². The first-order valence-electron chi connectivity index (χ1n) is 7.25. The number of hydrogen-bond donors (Lipinski definition) is 3. The Morgan fingerprint density at radius 3 is 2.30 bits per heavy atom. The van der Waals surface area contributed by atoms with Gasteiger partial charge in [0.25, 0.3) is 0 Å². The zero-order valence-electron chi connectivity index (χ0n) is 13.0. The Labute approximate surface area is 122 Å². The van der Waals surface area contributed by atoms with Gasteiger partial charge in [-0.3, -0.25) is 4.79 Å². The van der Waals surface area contributed by atoms with E-state index < -0.39 is 0 Å². The molecule has 0 saturated heterocycles. The summed E-state index contributed by atoms with van der Waals surface area (Å²) >= 11 is 0. The second kappa shape index (κ2) is 7.90. The molecule has 1 rings (SSSR count). The molecule has 1 amide bonds. The van der Waals surface area contributed by atoms with Gasteiger partial charge in [-0.2, -0.15) is 0 Å². The van der Waals surface area contributed by atoms with E-state index in [9.17, 15) is 4.79 Å². The Hall–Kier alpha value is -1.55. The lowest BCUT2D eigenvalue weighted by molar-refractivity contribution is -0.120. The molecule has 1 aromatic carbocycles. The Morgan fingerprint density at radius 2 is 1.75 bits per heavy atom. The van der Waals surface area contributed by atoms with Crippen molar-refractivity contribution in [2.75, 3.05) is 25.0 Å². The van der Waals surface area contributed by atoms with Crippen LogP contribution < -0.4 is 16.0 Å². The smallest absolute Gasteiger partial charge is 0.224 e. The number of nitrogens with one attached hydrogen (secondary N) is 3. The molecule has 1 aromatic rings. The first kappa shape index (κ1) is 16.5. The van der Waals surface area contributed by atoms with Crippen LogP contribution in [0.15, 0.2) is 24.3 Å². The van der Waals surface area contributed by atoms with E-state index in [0.717, 1.165) is 24.3 Å². The van der Waals surface area contributed by atoms with Crippen molar-refractivity contribution < 1.29 is 4.79 Å². The quantitative estimate of drug-likeness (QED) is 0.670. The standard InChI is InChI=1S/C16H27N3O/c1-5-17-15(20)12-13-6-8-14(9-7-13)18-10-11-19-16(2,3)4/h6-9,18-19H,5,10-12H2,1-4H3,(H,17,20). The number of carbonyl (C=O) groups excluding carboxylic acids is 1. The molecule has 0 spiro atoms. The van der Waals surface area contributed by atoms with Gasteiger partial charge in [0.15, 0.2) is 0 Å². The van der Waals surface area contributed by atoms with Crippen LogP contribution in [0.2, 0.25) is 0 Å². The molecule has 0 radical (unpaired) electrons. The maximum absolute atomic E-state index is 11.5. The van der Waals surface area contributed by atoms with Gasteiger partial charge in [0, 0.05) is 30.9 Å². The third kappa shape index (κ3) is 7.14. The molecule has 0 aliphatic heterocycles. The van der Waals surface area contributed by atoms with Crippen LogP contribution in [-0.2, 0) is 11.2 Å². The fourth-order valence-corrected chi connectivity index (χ4v) is 1.83. The van der Waals surface area contributed by atoms with E-state index >= 15 is 0 Å². The first-order chi connectivity index (χ1) is 9.40. The summed E-state index contributed by atoms with van der Waals surface area (Å²) in [4.78, 5) is 11.5. The zero-order valence-corrected chi connectivity index (χ0v) is 13.0. The number of amides is 1. The number of carbonyl (C=O) groups is 1. The molecular weight excluding hydrogens is 250 g/mol. The van der Waals surface area contributed by atoms with Crippen molar-refractivity contribution in [2.45, 2.75) is 39.7 Å². The van der Waals surface area contributed by atoms with Crippen LogP contribution in [0.4, 0.5) is 5.69 Å². The summed E-state index contributed by atoms with van der Waals surface area (Å²) in [6.07, 6.45) is 0.444. The summed E-state index contributed by atoms with van der Waals surface area (Å²) in [5.41, 5.74) is 2.27.